The number of hydrogen-bond donors (Lipinski definition) is 1. The number of amides is 1. The Balaban J connectivity index is 1.32. The van der Waals surface area contributed by atoms with Crippen LogP contribution in [0.1, 0.15) is 62.8 Å². The monoisotopic (exact) mass is 447 g/mol. The van der Waals surface area contributed by atoms with Crippen molar-refractivity contribution in [1.82, 2.24) is 15.1 Å². The van der Waals surface area contributed by atoms with Gasteiger partial charge in [-0.05, 0) is 42.3 Å². The molecule has 1 amide bonds. The number of aryl methyl sites for hydroxylation is 1. The zero-order chi connectivity index (χ0) is 23.2. The van der Waals surface area contributed by atoms with Gasteiger partial charge in [0.2, 0.25) is 0 Å². The third-order valence-corrected chi connectivity index (χ3v) is 6.73. The highest BCUT2D eigenvalue weighted by atomic mass is 16.5. The van der Waals surface area contributed by atoms with Gasteiger partial charge in [0.05, 0.1) is 36.4 Å². The first-order valence-corrected chi connectivity index (χ1v) is 11.1. The molecule has 2 aromatic carbocycles. The van der Waals surface area contributed by atoms with Gasteiger partial charge in [0, 0.05) is 36.9 Å². The number of rotatable bonds is 3. The lowest BCUT2D eigenvalue weighted by Gasteiger charge is -2.44. The van der Waals surface area contributed by atoms with Crippen molar-refractivity contribution >= 4 is 28.6 Å². The van der Waals surface area contributed by atoms with Gasteiger partial charge in [-0.1, -0.05) is 6.92 Å². The van der Waals surface area contributed by atoms with E-state index in [0.717, 1.165) is 22.9 Å². The standard InChI is InChI=1S/C25H25N3O5/c1-3-15-10-17(11-18-14-26-27-22(15)18)23(30)28-8-6-25(7-9-28)13-20(29)19-12-16(24(31)32-2)4-5-21(19)33-25/h4-5,10-12,14H,3,6-9,13H2,1-2H3,(H,26,27). The molecule has 2 aliphatic heterocycles. The van der Waals surface area contributed by atoms with Crippen molar-refractivity contribution in [1.29, 1.82) is 0 Å². The summed E-state index contributed by atoms with van der Waals surface area (Å²) in [6.45, 7) is 3.07. The smallest absolute Gasteiger partial charge is 0.337 e. The minimum atomic E-state index is -0.628. The molecule has 0 saturated carbocycles. The van der Waals surface area contributed by atoms with Crippen molar-refractivity contribution in [3.05, 3.63) is 58.8 Å². The number of likely N-dealkylation sites (tertiary alicyclic amines) is 1. The third kappa shape index (κ3) is 3.65. The van der Waals surface area contributed by atoms with E-state index >= 15 is 0 Å². The summed E-state index contributed by atoms with van der Waals surface area (Å²) >= 11 is 0. The van der Waals surface area contributed by atoms with Crippen LogP contribution in [0.5, 0.6) is 5.75 Å². The van der Waals surface area contributed by atoms with Crippen molar-refractivity contribution in [3.8, 4) is 5.75 Å². The second-order valence-electron chi connectivity index (χ2n) is 8.70. The molecule has 2 aliphatic rings. The number of methoxy groups -OCH3 is 1. The largest absolute Gasteiger partial charge is 0.486 e. The number of aromatic nitrogens is 2. The molecular weight excluding hydrogens is 422 g/mol. The summed E-state index contributed by atoms with van der Waals surface area (Å²) in [6.07, 6.45) is 3.90. The fourth-order valence-electron chi connectivity index (χ4n) is 4.85. The van der Waals surface area contributed by atoms with E-state index in [1.54, 1.807) is 18.3 Å². The predicted octanol–water partition coefficient (Wildman–Crippen LogP) is 3.55. The number of aromatic amines is 1. The van der Waals surface area contributed by atoms with Crippen LogP contribution < -0.4 is 4.74 Å². The first-order chi connectivity index (χ1) is 15.9. The Labute approximate surface area is 190 Å². The first kappa shape index (κ1) is 21.2. The van der Waals surface area contributed by atoms with E-state index in [1.807, 2.05) is 17.0 Å². The van der Waals surface area contributed by atoms with Gasteiger partial charge in [-0.3, -0.25) is 14.7 Å². The molecule has 1 saturated heterocycles. The molecule has 0 radical (unpaired) electrons. The maximum atomic E-state index is 13.2. The quantitative estimate of drug-likeness (QED) is 0.616. The maximum Gasteiger partial charge on any atom is 0.337 e. The van der Waals surface area contributed by atoms with E-state index in [1.165, 1.54) is 13.2 Å². The van der Waals surface area contributed by atoms with Crippen LogP contribution in [-0.2, 0) is 11.2 Å². The van der Waals surface area contributed by atoms with Crippen LogP contribution in [0.25, 0.3) is 10.9 Å². The number of esters is 1. The average Bonchev–Trinajstić information content (AvgIpc) is 3.31. The molecule has 0 aliphatic carbocycles. The molecule has 0 unspecified atom stereocenters. The number of piperidine rings is 1. The average molecular weight is 447 g/mol. The summed E-state index contributed by atoms with van der Waals surface area (Å²) in [6, 6.07) is 8.60. The lowest BCUT2D eigenvalue weighted by Crippen LogP contribution is -2.52. The van der Waals surface area contributed by atoms with Crippen LogP contribution in [0.3, 0.4) is 0 Å². The second kappa shape index (κ2) is 8.03. The summed E-state index contributed by atoms with van der Waals surface area (Å²) in [5.41, 5.74) is 2.78. The van der Waals surface area contributed by atoms with Gasteiger partial charge in [-0.15, -0.1) is 0 Å². The number of carbonyl (C=O) groups is 3. The molecular formula is C25H25N3O5. The summed E-state index contributed by atoms with van der Waals surface area (Å²) < 4.78 is 11.0. The summed E-state index contributed by atoms with van der Waals surface area (Å²) in [5, 5.41) is 8.03. The number of carbonyl (C=O) groups excluding carboxylic acids is 3. The molecule has 8 nitrogen and oxygen atoms in total. The SMILES string of the molecule is CCc1cc(C(=O)N2CCC3(CC2)CC(=O)c2cc(C(=O)OC)ccc2O3)cc2cn[nH]c12. The number of nitrogens with zero attached hydrogens (tertiary/aromatic N) is 2. The molecule has 3 heterocycles. The fourth-order valence-corrected chi connectivity index (χ4v) is 4.85. The highest BCUT2D eigenvalue weighted by Gasteiger charge is 2.44. The van der Waals surface area contributed by atoms with Gasteiger partial charge in [0.1, 0.15) is 11.4 Å². The van der Waals surface area contributed by atoms with Gasteiger partial charge in [-0.2, -0.15) is 5.10 Å². The lowest BCUT2D eigenvalue weighted by atomic mass is 9.82. The van der Waals surface area contributed by atoms with E-state index in [4.69, 9.17) is 9.47 Å². The first-order valence-electron chi connectivity index (χ1n) is 11.1. The molecule has 5 rings (SSSR count). The van der Waals surface area contributed by atoms with Crippen LogP contribution in [-0.4, -0.2) is 58.6 Å². The molecule has 1 aromatic heterocycles. The lowest BCUT2D eigenvalue weighted by molar-refractivity contribution is -0.00571. The molecule has 0 bridgehead atoms. The predicted molar refractivity (Wildman–Crippen MR) is 121 cm³/mol. The van der Waals surface area contributed by atoms with Crippen molar-refractivity contribution in [3.63, 3.8) is 0 Å². The zero-order valence-corrected chi connectivity index (χ0v) is 18.6. The topological polar surface area (TPSA) is 102 Å². The van der Waals surface area contributed by atoms with Crippen LogP contribution in [0.2, 0.25) is 0 Å². The number of benzene rings is 2. The van der Waals surface area contributed by atoms with Gasteiger partial charge >= 0.3 is 5.97 Å². The highest BCUT2D eigenvalue weighted by Crippen LogP contribution is 2.40. The van der Waals surface area contributed by atoms with Gasteiger partial charge in [0.15, 0.2) is 5.78 Å². The van der Waals surface area contributed by atoms with Crippen molar-refractivity contribution in [2.24, 2.45) is 0 Å². The summed E-state index contributed by atoms with van der Waals surface area (Å²) in [5.74, 6) is -0.0816. The number of nitrogens with one attached hydrogen (secondary N) is 1. The number of ether oxygens (including phenoxy) is 2. The molecule has 1 fully saturated rings. The Morgan fingerprint density at radius 2 is 1.97 bits per heavy atom. The zero-order valence-electron chi connectivity index (χ0n) is 18.6. The van der Waals surface area contributed by atoms with E-state index < -0.39 is 11.6 Å². The Morgan fingerprint density at radius 1 is 1.18 bits per heavy atom. The van der Waals surface area contributed by atoms with Gasteiger partial charge in [0.25, 0.3) is 5.91 Å². The molecule has 0 atom stereocenters. The van der Waals surface area contributed by atoms with Crippen LogP contribution in [0, 0.1) is 0 Å². The maximum absolute atomic E-state index is 13.2. The number of hydrogen-bond acceptors (Lipinski definition) is 6. The highest BCUT2D eigenvalue weighted by molar-refractivity contribution is 6.03. The normalized spacial score (nSPS) is 17.0. The van der Waals surface area contributed by atoms with E-state index in [2.05, 4.69) is 17.1 Å². The Morgan fingerprint density at radius 3 is 2.70 bits per heavy atom. The number of H-pyrrole nitrogens is 1. The van der Waals surface area contributed by atoms with Crippen molar-refractivity contribution < 1.29 is 23.9 Å². The molecule has 1 N–H and O–H groups in total. The second-order valence-corrected chi connectivity index (χ2v) is 8.70. The molecule has 1 spiro atoms. The molecule has 170 valence electrons. The van der Waals surface area contributed by atoms with E-state index in [9.17, 15) is 14.4 Å². The van der Waals surface area contributed by atoms with Gasteiger partial charge < -0.3 is 14.4 Å². The molecule has 3 aromatic rings. The van der Waals surface area contributed by atoms with Crippen LogP contribution in [0.15, 0.2) is 36.5 Å². The van der Waals surface area contributed by atoms with Gasteiger partial charge in [-0.25, -0.2) is 4.79 Å². The molecule has 8 heteroatoms. The minimum Gasteiger partial charge on any atom is -0.486 e. The summed E-state index contributed by atoms with van der Waals surface area (Å²) in [4.78, 5) is 39.8. The third-order valence-electron chi connectivity index (χ3n) is 6.73. The van der Waals surface area contributed by atoms with Crippen LogP contribution >= 0.6 is 0 Å². The minimum absolute atomic E-state index is 0.0205. The Bertz CT molecular complexity index is 1270. The van der Waals surface area contributed by atoms with Crippen molar-refractivity contribution in [2.75, 3.05) is 20.2 Å². The number of ketones is 1. The number of Topliss-reactive ketones (excluding diaryl/α,β-unsaturated/α-hetero) is 1. The molecule has 33 heavy (non-hydrogen) atoms. The van der Waals surface area contributed by atoms with Crippen molar-refractivity contribution in [2.45, 2.75) is 38.2 Å². The Kier molecular flexibility index (Phi) is 5.15. The van der Waals surface area contributed by atoms with E-state index in [0.29, 0.717) is 48.4 Å². The fraction of sp³-hybridized carbons (Fsp3) is 0.360. The van der Waals surface area contributed by atoms with Crippen LogP contribution in [0.4, 0.5) is 0 Å². The number of fused-ring (bicyclic) bond motifs is 2. The summed E-state index contributed by atoms with van der Waals surface area (Å²) in [7, 11) is 1.31. The Hall–Kier alpha value is -3.68. The van der Waals surface area contributed by atoms with E-state index in [-0.39, 0.29) is 18.1 Å².